The second kappa shape index (κ2) is 12.9. The topological polar surface area (TPSA) is 96.3 Å². The van der Waals surface area contributed by atoms with Crippen LogP contribution in [0.3, 0.4) is 0 Å². The Bertz CT molecular complexity index is 557. The van der Waals surface area contributed by atoms with Gasteiger partial charge < -0.3 is 19.7 Å². The first kappa shape index (κ1) is 21.7. The van der Waals surface area contributed by atoms with Crippen molar-refractivity contribution in [2.45, 2.75) is 19.3 Å². The van der Waals surface area contributed by atoms with Crippen molar-refractivity contribution in [3.05, 3.63) is 42.5 Å². The maximum absolute atomic E-state index is 9.10. The summed E-state index contributed by atoms with van der Waals surface area (Å²) in [4.78, 5) is 20.7. The van der Waals surface area contributed by atoms with Crippen LogP contribution in [0.5, 0.6) is 5.75 Å². The molecule has 0 atom stereocenters. The highest BCUT2D eigenvalue weighted by Crippen LogP contribution is 2.19. The van der Waals surface area contributed by atoms with E-state index in [0.717, 1.165) is 58.0 Å². The third kappa shape index (κ3) is 9.19. The number of carboxylic acid groups (broad SMARTS) is 2. The zero-order valence-corrected chi connectivity index (χ0v) is 14.9. The lowest BCUT2D eigenvalue weighted by Gasteiger charge is -2.26. The molecule has 0 bridgehead atoms. The van der Waals surface area contributed by atoms with Crippen molar-refractivity contribution in [1.82, 2.24) is 4.90 Å². The molecule has 26 heavy (non-hydrogen) atoms. The van der Waals surface area contributed by atoms with Crippen LogP contribution in [0.2, 0.25) is 0 Å². The average Bonchev–Trinajstić information content (AvgIpc) is 2.64. The summed E-state index contributed by atoms with van der Waals surface area (Å²) in [6.07, 6.45) is 5.06. The lowest BCUT2D eigenvalue weighted by molar-refractivity contribution is -0.159. The molecule has 0 spiro atoms. The summed E-state index contributed by atoms with van der Waals surface area (Å²) in [5, 5.41) is 14.8. The zero-order chi connectivity index (χ0) is 19.2. The second-order valence-electron chi connectivity index (χ2n) is 5.72. The molecule has 7 heteroatoms. The average molecular weight is 365 g/mol. The summed E-state index contributed by atoms with van der Waals surface area (Å²) >= 11 is 0. The van der Waals surface area contributed by atoms with Gasteiger partial charge in [0.1, 0.15) is 5.75 Å². The maximum atomic E-state index is 9.10. The molecule has 0 saturated carbocycles. The molecule has 2 rings (SSSR count). The first-order chi connectivity index (χ1) is 12.5. The number of allylic oxidation sites excluding steroid dienone is 1. The van der Waals surface area contributed by atoms with Gasteiger partial charge in [0.05, 0.1) is 19.8 Å². The molecule has 0 aromatic heterocycles. The highest BCUT2D eigenvalue weighted by Gasteiger charge is 2.09. The fraction of sp³-hybridized carbons (Fsp3) is 0.474. The van der Waals surface area contributed by atoms with E-state index in [4.69, 9.17) is 29.3 Å². The quantitative estimate of drug-likeness (QED) is 0.413. The number of carbonyl (C=O) groups is 2. The molecule has 7 nitrogen and oxygen atoms in total. The van der Waals surface area contributed by atoms with Crippen molar-refractivity contribution in [2.24, 2.45) is 0 Å². The summed E-state index contributed by atoms with van der Waals surface area (Å²) in [7, 11) is 0. The summed E-state index contributed by atoms with van der Waals surface area (Å²) in [6, 6.07) is 8.21. The van der Waals surface area contributed by atoms with Crippen LogP contribution in [0.4, 0.5) is 0 Å². The van der Waals surface area contributed by atoms with Gasteiger partial charge in [0.2, 0.25) is 0 Å². The van der Waals surface area contributed by atoms with Crippen molar-refractivity contribution in [2.75, 3.05) is 39.5 Å². The zero-order valence-electron chi connectivity index (χ0n) is 14.9. The number of benzene rings is 1. The Morgan fingerprint density at radius 2 is 1.81 bits per heavy atom. The first-order valence-electron chi connectivity index (χ1n) is 8.62. The molecule has 0 amide bonds. The van der Waals surface area contributed by atoms with Crippen LogP contribution in [0.1, 0.15) is 18.4 Å². The Hall–Kier alpha value is -2.38. The van der Waals surface area contributed by atoms with E-state index in [9.17, 15) is 0 Å². The minimum absolute atomic E-state index is 0.790. The van der Waals surface area contributed by atoms with Gasteiger partial charge in [-0.15, -0.1) is 6.58 Å². The van der Waals surface area contributed by atoms with Gasteiger partial charge in [0.15, 0.2) is 0 Å². The molecule has 1 saturated heterocycles. The summed E-state index contributed by atoms with van der Waals surface area (Å²) in [5.41, 5.74) is 1.22. The Balaban J connectivity index is 0.000000487. The SMILES string of the molecule is C=CCc1ccccc1OCCCCN1CCOCC1.O=C(O)C(=O)O. The molecule has 1 aromatic carbocycles. The number of nitrogens with zero attached hydrogens (tertiary/aromatic N) is 1. The van der Waals surface area contributed by atoms with Crippen molar-refractivity contribution in [1.29, 1.82) is 0 Å². The van der Waals surface area contributed by atoms with Crippen molar-refractivity contribution >= 4 is 11.9 Å². The Morgan fingerprint density at radius 3 is 2.42 bits per heavy atom. The molecular weight excluding hydrogens is 338 g/mol. The Morgan fingerprint density at radius 1 is 1.15 bits per heavy atom. The van der Waals surface area contributed by atoms with Gasteiger partial charge in [-0.1, -0.05) is 24.3 Å². The number of aliphatic carboxylic acids is 2. The molecule has 1 fully saturated rings. The highest BCUT2D eigenvalue weighted by molar-refractivity contribution is 6.27. The van der Waals surface area contributed by atoms with E-state index in [-0.39, 0.29) is 0 Å². The number of unbranched alkanes of at least 4 members (excludes halogenated alkanes) is 1. The maximum Gasteiger partial charge on any atom is 0.414 e. The van der Waals surface area contributed by atoms with Gasteiger partial charge in [-0.3, -0.25) is 4.90 Å². The number of hydrogen-bond acceptors (Lipinski definition) is 5. The van der Waals surface area contributed by atoms with E-state index in [0.29, 0.717) is 0 Å². The van der Waals surface area contributed by atoms with Crippen molar-refractivity contribution in [3.63, 3.8) is 0 Å². The molecule has 0 unspecified atom stereocenters. The molecular formula is C19H27NO6. The van der Waals surface area contributed by atoms with Crippen molar-refractivity contribution in [3.8, 4) is 5.75 Å². The van der Waals surface area contributed by atoms with Crippen molar-refractivity contribution < 1.29 is 29.3 Å². The number of carboxylic acids is 2. The van der Waals surface area contributed by atoms with E-state index in [1.54, 1.807) is 0 Å². The number of para-hydroxylation sites is 1. The van der Waals surface area contributed by atoms with Gasteiger partial charge in [-0.05, 0) is 37.4 Å². The van der Waals surface area contributed by atoms with Crippen LogP contribution >= 0.6 is 0 Å². The minimum Gasteiger partial charge on any atom is -0.493 e. The fourth-order valence-electron chi connectivity index (χ4n) is 2.41. The summed E-state index contributed by atoms with van der Waals surface area (Å²) < 4.78 is 11.2. The van der Waals surface area contributed by atoms with Crippen LogP contribution in [0.15, 0.2) is 36.9 Å². The normalized spacial score (nSPS) is 14.0. The molecule has 0 aliphatic carbocycles. The number of hydrogen-bond donors (Lipinski definition) is 2. The Kier molecular flexibility index (Phi) is 10.8. The van der Waals surface area contributed by atoms with E-state index >= 15 is 0 Å². The second-order valence-corrected chi connectivity index (χ2v) is 5.72. The predicted octanol–water partition coefficient (Wildman–Crippen LogP) is 2.06. The molecule has 0 radical (unpaired) electrons. The largest absolute Gasteiger partial charge is 0.493 e. The fourth-order valence-corrected chi connectivity index (χ4v) is 2.41. The standard InChI is InChI=1S/C17H25NO2.C2H2O4/c1-2-7-16-8-3-4-9-17(16)20-13-6-5-10-18-11-14-19-15-12-18;3-1(4)2(5)6/h2-4,8-9H,1,5-7,10-15H2;(H,3,4)(H,5,6). The molecule has 1 aliphatic heterocycles. The number of ether oxygens (including phenoxy) is 2. The smallest absolute Gasteiger partial charge is 0.414 e. The monoisotopic (exact) mass is 365 g/mol. The van der Waals surface area contributed by atoms with Crippen LogP contribution in [-0.4, -0.2) is 66.5 Å². The molecule has 1 aromatic rings. The lowest BCUT2D eigenvalue weighted by Crippen LogP contribution is -2.36. The lowest BCUT2D eigenvalue weighted by atomic mass is 10.1. The summed E-state index contributed by atoms with van der Waals surface area (Å²) in [5.74, 6) is -2.65. The summed E-state index contributed by atoms with van der Waals surface area (Å²) in [6.45, 7) is 9.64. The molecule has 2 N–H and O–H groups in total. The van der Waals surface area contributed by atoms with Crippen LogP contribution < -0.4 is 4.74 Å². The third-order valence-corrected chi connectivity index (χ3v) is 3.75. The first-order valence-corrected chi connectivity index (χ1v) is 8.62. The molecule has 1 aliphatic rings. The van der Waals surface area contributed by atoms with Crippen LogP contribution in [0.25, 0.3) is 0 Å². The van der Waals surface area contributed by atoms with E-state index in [1.165, 1.54) is 12.0 Å². The van der Waals surface area contributed by atoms with E-state index in [1.807, 2.05) is 24.3 Å². The number of rotatable bonds is 8. The predicted molar refractivity (Wildman–Crippen MR) is 97.6 cm³/mol. The van der Waals surface area contributed by atoms with Crippen LogP contribution in [0, 0.1) is 0 Å². The molecule has 1 heterocycles. The van der Waals surface area contributed by atoms with E-state index < -0.39 is 11.9 Å². The van der Waals surface area contributed by atoms with Gasteiger partial charge in [0, 0.05) is 13.1 Å². The highest BCUT2D eigenvalue weighted by atomic mass is 16.5. The number of morpholine rings is 1. The van der Waals surface area contributed by atoms with Gasteiger partial charge >= 0.3 is 11.9 Å². The van der Waals surface area contributed by atoms with Gasteiger partial charge in [-0.25, -0.2) is 9.59 Å². The van der Waals surface area contributed by atoms with E-state index in [2.05, 4.69) is 17.5 Å². The Labute approximate surface area is 153 Å². The minimum atomic E-state index is -1.82. The van der Waals surface area contributed by atoms with Crippen LogP contribution in [-0.2, 0) is 20.7 Å². The third-order valence-electron chi connectivity index (χ3n) is 3.75. The van der Waals surface area contributed by atoms with Gasteiger partial charge in [-0.2, -0.15) is 0 Å². The van der Waals surface area contributed by atoms with Gasteiger partial charge in [0.25, 0.3) is 0 Å². The molecule has 144 valence electrons.